The van der Waals surface area contributed by atoms with E-state index in [2.05, 4.69) is 5.32 Å². The number of nitrogens with one attached hydrogen (secondary N) is 1. The van der Waals surface area contributed by atoms with Crippen molar-refractivity contribution in [1.29, 1.82) is 0 Å². The van der Waals surface area contributed by atoms with Gasteiger partial charge in [0.15, 0.2) is 6.61 Å². The van der Waals surface area contributed by atoms with Crippen LogP contribution in [0.25, 0.3) is 0 Å². The van der Waals surface area contributed by atoms with Crippen LogP contribution in [0, 0.1) is 5.82 Å². The summed E-state index contributed by atoms with van der Waals surface area (Å²) in [6.07, 6.45) is 0. The number of carbonyl (C=O) groups excluding carboxylic acids is 2. The van der Waals surface area contributed by atoms with E-state index in [4.69, 9.17) is 62.7 Å². The van der Waals surface area contributed by atoms with Crippen LogP contribution in [0.4, 0.5) is 10.1 Å². The molecule has 2 aromatic carbocycles. The second-order valence-electron chi connectivity index (χ2n) is 4.61. The first kappa shape index (κ1) is 20.1. The van der Waals surface area contributed by atoms with E-state index in [0.717, 1.165) is 12.1 Å². The molecule has 25 heavy (non-hydrogen) atoms. The normalized spacial score (nSPS) is 10.5. The molecule has 0 radical (unpaired) electrons. The fourth-order valence-corrected chi connectivity index (χ4v) is 3.10. The van der Waals surface area contributed by atoms with Gasteiger partial charge in [-0.05, 0) is 24.3 Å². The Hall–Kier alpha value is -1.24. The lowest BCUT2D eigenvalue weighted by Crippen LogP contribution is -2.21. The molecule has 0 atom stereocenters. The van der Waals surface area contributed by atoms with Crippen LogP contribution < -0.4 is 5.32 Å². The van der Waals surface area contributed by atoms with E-state index in [1.165, 1.54) is 12.1 Å². The van der Waals surface area contributed by atoms with Crippen molar-refractivity contribution in [2.45, 2.75) is 0 Å². The van der Waals surface area contributed by atoms with Crippen LogP contribution >= 0.6 is 58.0 Å². The summed E-state index contributed by atoms with van der Waals surface area (Å²) in [5, 5.41) is 2.54. The summed E-state index contributed by atoms with van der Waals surface area (Å²) in [4.78, 5) is 23.8. The predicted molar refractivity (Wildman–Crippen MR) is 96.8 cm³/mol. The van der Waals surface area contributed by atoms with E-state index in [-0.39, 0.29) is 31.3 Å². The molecule has 0 spiro atoms. The molecule has 0 aliphatic heterocycles. The van der Waals surface area contributed by atoms with Crippen molar-refractivity contribution in [1.82, 2.24) is 0 Å². The summed E-state index contributed by atoms with van der Waals surface area (Å²) in [6.45, 7) is -0.672. The van der Waals surface area contributed by atoms with Crippen molar-refractivity contribution < 1.29 is 18.7 Å². The SMILES string of the molecule is O=C(COC(=O)c1cc(F)c(Cl)cc1Cl)Nc1c(Cl)cc(Cl)cc1Cl. The lowest BCUT2D eigenvalue weighted by molar-refractivity contribution is -0.119. The molecule has 132 valence electrons. The third-order valence-electron chi connectivity index (χ3n) is 2.84. The van der Waals surface area contributed by atoms with E-state index in [1.54, 1.807) is 0 Å². The third kappa shape index (κ3) is 5.12. The van der Waals surface area contributed by atoms with Crippen molar-refractivity contribution in [3.05, 3.63) is 60.8 Å². The Morgan fingerprint density at radius 2 is 1.52 bits per heavy atom. The van der Waals surface area contributed by atoms with Gasteiger partial charge in [0.25, 0.3) is 5.91 Å². The first-order valence-electron chi connectivity index (χ1n) is 6.45. The number of amides is 1. The summed E-state index contributed by atoms with van der Waals surface area (Å²) >= 11 is 29.0. The molecule has 1 amide bonds. The van der Waals surface area contributed by atoms with Gasteiger partial charge in [-0.15, -0.1) is 0 Å². The first-order valence-corrected chi connectivity index (χ1v) is 8.34. The molecular weight excluding hydrogens is 438 g/mol. The highest BCUT2D eigenvalue weighted by Crippen LogP contribution is 2.33. The van der Waals surface area contributed by atoms with Gasteiger partial charge in [0, 0.05) is 5.02 Å². The molecule has 0 saturated carbocycles. The second kappa shape index (κ2) is 8.43. The van der Waals surface area contributed by atoms with Gasteiger partial charge in [-0.2, -0.15) is 0 Å². The zero-order chi connectivity index (χ0) is 18.7. The summed E-state index contributed by atoms with van der Waals surface area (Å²) < 4.78 is 18.2. The molecule has 0 unspecified atom stereocenters. The van der Waals surface area contributed by atoms with Gasteiger partial charge in [0.1, 0.15) is 5.82 Å². The monoisotopic (exact) mass is 443 g/mol. The average Bonchev–Trinajstić information content (AvgIpc) is 2.52. The fraction of sp³-hybridized carbons (Fsp3) is 0.0667. The maximum absolute atomic E-state index is 13.4. The van der Waals surface area contributed by atoms with Gasteiger partial charge in [0.05, 0.1) is 31.3 Å². The van der Waals surface area contributed by atoms with Crippen LogP contribution in [0.2, 0.25) is 25.1 Å². The number of carbonyl (C=O) groups is 2. The van der Waals surface area contributed by atoms with Crippen molar-refractivity contribution in [3.8, 4) is 0 Å². The van der Waals surface area contributed by atoms with Crippen LogP contribution in [0.1, 0.15) is 10.4 Å². The molecule has 0 fully saturated rings. The highest BCUT2D eigenvalue weighted by atomic mass is 35.5. The number of hydrogen-bond donors (Lipinski definition) is 1. The van der Waals surface area contributed by atoms with Crippen molar-refractivity contribution >= 4 is 75.6 Å². The number of anilines is 1. The lowest BCUT2D eigenvalue weighted by Gasteiger charge is -2.11. The minimum atomic E-state index is -0.996. The van der Waals surface area contributed by atoms with E-state index < -0.39 is 24.3 Å². The number of benzene rings is 2. The number of ether oxygens (including phenoxy) is 1. The Morgan fingerprint density at radius 3 is 2.12 bits per heavy atom. The molecule has 4 nitrogen and oxygen atoms in total. The molecule has 0 aliphatic carbocycles. The van der Waals surface area contributed by atoms with E-state index in [1.807, 2.05) is 0 Å². The summed E-state index contributed by atoms with van der Waals surface area (Å²) in [5.74, 6) is -2.56. The Kier molecular flexibility index (Phi) is 6.77. The Morgan fingerprint density at radius 1 is 0.920 bits per heavy atom. The molecule has 0 aromatic heterocycles. The van der Waals surface area contributed by atoms with Crippen molar-refractivity contribution in [2.24, 2.45) is 0 Å². The van der Waals surface area contributed by atoms with Crippen LogP contribution in [0.15, 0.2) is 24.3 Å². The van der Waals surface area contributed by atoms with E-state index >= 15 is 0 Å². The highest BCUT2D eigenvalue weighted by molar-refractivity contribution is 6.42. The number of esters is 1. The van der Waals surface area contributed by atoms with Crippen LogP contribution in [0.5, 0.6) is 0 Å². The van der Waals surface area contributed by atoms with Crippen molar-refractivity contribution in [3.63, 3.8) is 0 Å². The molecule has 2 rings (SSSR count). The Balaban J connectivity index is 2.03. The Labute approximate surface area is 166 Å². The molecule has 2 aromatic rings. The first-order chi connectivity index (χ1) is 11.7. The molecule has 1 N–H and O–H groups in total. The highest BCUT2D eigenvalue weighted by Gasteiger charge is 2.18. The quantitative estimate of drug-likeness (QED) is 0.472. The second-order valence-corrected chi connectivity index (χ2v) is 6.68. The molecule has 0 bridgehead atoms. The smallest absolute Gasteiger partial charge is 0.340 e. The van der Waals surface area contributed by atoms with Gasteiger partial charge < -0.3 is 10.1 Å². The Bertz CT molecular complexity index is 836. The number of hydrogen-bond acceptors (Lipinski definition) is 3. The summed E-state index contributed by atoms with van der Waals surface area (Å²) in [7, 11) is 0. The third-order valence-corrected chi connectivity index (χ3v) is 4.25. The molecule has 0 heterocycles. The van der Waals surface area contributed by atoms with Gasteiger partial charge in [-0.1, -0.05) is 58.0 Å². The number of halogens is 6. The predicted octanol–water partition coefficient (Wildman–Crippen LogP) is 5.89. The summed E-state index contributed by atoms with van der Waals surface area (Å²) in [5.41, 5.74) is -0.150. The van der Waals surface area contributed by atoms with Gasteiger partial charge in [-0.3, -0.25) is 4.79 Å². The summed E-state index contributed by atoms with van der Waals surface area (Å²) in [6, 6.07) is 4.64. The fourth-order valence-electron chi connectivity index (χ4n) is 1.72. The minimum absolute atomic E-state index is 0.111. The zero-order valence-electron chi connectivity index (χ0n) is 12.0. The molecule has 0 saturated heterocycles. The van der Waals surface area contributed by atoms with E-state index in [9.17, 15) is 14.0 Å². The topological polar surface area (TPSA) is 55.4 Å². The van der Waals surface area contributed by atoms with Crippen LogP contribution in [-0.2, 0) is 9.53 Å². The standard InChI is InChI=1S/C15H7Cl5FNO3/c16-6-1-10(19)14(11(20)2-6)22-13(23)5-25-15(24)7-3-12(21)9(18)4-8(7)17/h1-4H,5H2,(H,22,23). The average molecular weight is 445 g/mol. The van der Waals surface area contributed by atoms with Crippen molar-refractivity contribution in [2.75, 3.05) is 11.9 Å². The van der Waals surface area contributed by atoms with Gasteiger partial charge >= 0.3 is 5.97 Å². The van der Waals surface area contributed by atoms with Crippen LogP contribution in [0.3, 0.4) is 0 Å². The molecule has 0 aliphatic rings. The maximum Gasteiger partial charge on any atom is 0.340 e. The zero-order valence-corrected chi connectivity index (χ0v) is 15.8. The lowest BCUT2D eigenvalue weighted by atomic mass is 10.2. The van der Waals surface area contributed by atoms with E-state index in [0.29, 0.717) is 5.02 Å². The maximum atomic E-state index is 13.4. The van der Waals surface area contributed by atoms with Gasteiger partial charge in [0.2, 0.25) is 0 Å². The largest absolute Gasteiger partial charge is 0.452 e. The van der Waals surface area contributed by atoms with Crippen LogP contribution in [-0.4, -0.2) is 18.5 Å². The molecule has 10 heteroatoms. The van der Waals surface area contributed by atoms with Gasteiger partial charge in [-0.25, -0.2) is 9.18 Å². The minimum Gasteiger partial charge on any atom is -0.452 e. The number of rotatable bonds is 4. The molecular formula is C15H7Cl5FNO3.